The molecule has 0 amide bonds. The third-order valence-electron chi connectivity index (χ3n) is 4.05. The van der Waals surface area contributed by atoms with Gasteiger partial charge >= 0.3 is 7.60 Å². The van der Waals surface area contributed by atoms with Gasteiger partial charge in [0.2, 0.25) is 17.2 Å². The summed E-state index contributed by atoms with van der Waals surface area (Å²) < 4.78 is 47.1. The van der Waals surface area contributed by atoms with Crippen molar-refractivity contribution >= 4 is 18.9 Å². The number of aromatic nitrogens is 1. The molecule has 0 atom stereocenters. The van der Waals surface area contributed by atoms with E-state index in [9.17, 15) is 8.96 Å². The number of hydrogen-bond donors (Lipinski definition) is 1. The van der Waals surface area contributed by atoms with Crippen molar-refractivity contribution < 1.29 is 27.2 Å². The second-order valence-corrected chi connectivity index (χ2v) is 7.89. The lowest BCUT2D eigenvalue weighted by Gasteiger charge is -2.12. The second kappa shape index (κ2) is 8.56. The molecule has 0 radical (unpaired) electrons. The molecular weight excluding hydrogens is 386 g/mol. The third-order valence-corrected chi connectivity index (χ3v) is 5.84. The molecular formula is C19H20FN2O5P. The maximum Gasteiger partial charge on any atom is 0.384 e. The van der Waals surface area contributed by atoms with Gasteiger partial charge in [0.1, 0.15) is 11.6 Å². The highest BCUT2D eigenvalue weighted by Crippen LogP contribution is 2.47. The van der Waals surface area contributed by atoms with Gasteiger partial charge in [0.15, 0.2) is 0 Å². The molecule has 9 heteroatoms. The van der Waals surface area contributed by atoms with Gasteiger partial charge in [0.05, 0.1) is 7.11 Å². The minimum absolute atomic E-state index is 0.0328. The molecule has 1 heterocycles. The summed E-state index contributed by atoms with van der Waals surface area (Å²) in [5.41, 5.74) is 1.50. The van der Waals surface area contributed by atoms with Gasteiger partial charge in [-0.15, -0.1) is 0 Å². The molecule has 0 spiro atoms. The zero-order valence-corrected chi connectivity index (χ0v) is 16.5. The molecule has 1 aromatic heterocycles. The number of rotatable bonds is 8. The highest BCUT2D eigenvalue weighted by molar-refractivity contribution is 7.62. The molecule has 0 aliphatic rings. The number of benzene rings is 2. The van der Waals surface area contributed by atoms with E-state index in [4.69, 9.17) is 18.2 Å². The summed E-state index contributed by atoms with van der Waals surface area (Å²) in [6, 6.07) is 13.0. The molecule has 3 aromatic rings. The van der Waals surface area contributed by atoms with Gasteiger partial charge in [-0.2, -0.15) is 4.98 Å². The van der Waals surface area contributed by atoms with E-state index in [0.717, 1.165) is 5.56 Å². The number of hydrogen-bond acceptors (Lipinski definition) is 7. The van der Waals surface area contributed by atoms with E-state index < -0.39 is 7.60 Å². The number of ether oxygens (including phenoxy) is 1. The predicted octanol–water partition coefficient (Wildman–Crippen LogP) is 4.21. The SMILES string of the molecule is COc1ccc(-c2nc(P(=O)(OC)OC)c(NCc3ccc(F)cc3)o2)cc1. The number of nitrogens with zero attached hydrogens (tertiary/aromatic N) is 1. The topological polar surface area (TPSA) is 82.8 Å². The van der Waals surface area contributed by atoms with Gasteiger partial charge in [0.25, 0.3) is 0 Å². The molecule has 0 unspecified atom stereocenters. The zero-order valence-electron chi connectivity index (χ0n) is 15.6. The molecule has 1 N–H and O–H groups in total. The summed E-state index contributed by atoms with van der Waals surface area (Å²) in [5, 5.41) is 3.03. The highest BCUT2D eigenvalue weighted by atomic mass is 31.2. The summed E-state index contributed by atoms with van der Waals surface area (Å²) in [4.78, 5) is 4.33. The third kappa shape index (κ3) is 4.25. The lowest BCUT2D eigenvalue weighted by molar-refractivity contribution is 0.286. The van der Waals surface area contributed by atoms with Crippen LogP contribution in [0.15, 0.2) is 52.9 Å². The maximum absolute atomic E-state index is 13.1. The predicted molar refractivity (Wildman–Crippen MR) is 103 cm³/mol. The van der Waals surface area contributed by atoms with E-state index in [2.05, 4.69) is 10.3 Å². The Morgan fingerprint density at radius 2 is 1.68 bits per heavy atom. The summed E-state index contributed by atoms with van der Waals surface area (Å²) in [7, 11) is 0.453. The number of methoxy groups -OCH3 is 1. The van der Waals surface area contributed by atoms with E-state index in [0.29, 0.717) is 17.9 Å². The Hall–Kier alpha value is -2.67. The van der Waals surface area contributed by atoms with Crippen LogP contribution in [0.1, 0.15) is 5.56 Å². The fraction of sp³-hybridized carbons (Fsp3) is 0.211. The smallest absolute Gasteiger partial charge is 0.384 e. The molecule has 2 aromatic carbocycles. The average molecular weight is 406 g/mol. The first-order valence-corrected chi connectivity index (χ1v) is 9.89. The summed E-state index contributed by atoms with van der Waals surface area (Å²) in [5.74, 6) is 0.759. The molecule has 0 saturated heterocycles. The van der Waals surface area contributed by atoms with Gasteiger partial charge in [-0.1, -0.05) is 12.1 Å². The van der Waals surface area contributed by atoms with Crippen LogP contribution in [0.25, 0.3) is 11.5 Å². The fourth-order valence-corrected chi connectivity index (χ4v) is 3.58. The first-order chi connectivity index (χ1) is 13.5. The molecule has 0 saturated carbocycles. The largest absolute Gasteiger partial charge is 0.497 e. The Labute approximate surface area is 162 Å². The Morgan fingerprint density at radius 1 is 1.04 bits per heavy atom. The Balaban J connectivity index is 1.94. The number of oxazole rings is 1. The lowest BCUT2D eigenvalue weighted by Crippen LogP contribution is -2.14. The van der Waals surface area contributed by atoms with Gasteiger partial charge in [-0.25, -0.2) is 4.39 Å². The van der Waals surface area contributed by atoms with Crippen molar-refractivity contribution in [2.75, 3.05) is 26.6 Å². The van der Waals surface area contributed by atoms with Crippen LogP contribution in [0.5, 0.6) is 5.75 Å². The van der Waals surface area contributed by atoms with E-state index in [-0.39, 0.29) is 23.0 Å². The van der Waals surface area contributed by atoms with E-state index in [1.807, 2.05) is 0 Å². The first kappa shape index (κ1) is 20.1. The molecule has 0 fully saturated rings. The van der Waals surface area contributed by atoms with Gasteiger partial charge in [-0.3, -0.25) is 4.57 Å². The highest BCUT2D eigenvalue weighted by Gasteiger charge is 2.34. The van der Waals surface area contributed by atoms with Crippen molar-refractivity contribution in [1.82, 2.24) is 4.98 Å². The maximum atomic E-state index is 13.1. The van der Waals surface area contributed by atoms with Crippen molar-refractivity contribution in [2.24, 2.45) is 0 Å². The van der Waals surface area contributed by atoms with E-state index >= 15 is 0 Å². The quantitative estimate of drug-likeness (QED) is 0.561. The zero-order chi connectivity index (χ0) is 20.1. The van der Waals surface area contributed by atoms with Crippen LogP contribution in [-0.4, -0.2) is 26.3 Å². The van der Waals surface area contributed by atoms with Crippen molar-refractivity contribution in [3.63, 3.8) is 0 Å². The molecule has 3 rings (SSSR count). The normalized spacial score (nSPS) is 11.4. The Kier molecular flexibility index (Phi) is 6.14. The van der Waals surface area contributed by atoms with Crippen LogP contribution in [0.2, 0.25) is 0 Å². The number of nitrogens with one attached hydrogen (secondary N) is 1. The molecule has 0 aliphatic carbocycles. The van der Waals surface area contributed by atoms with Crippen molar-refractivity contribution in [1.29, 1.82) is 0 Å². The van der Waals surface area contributed by atoms with Crippen molar-refractivity contribution in [3.05, 3.63) is 59.9 Å². The minimum Gasteiger partial charge on any atom is -0.497 e. The fourth-order valence-electron chi connectivity index (χ4n) is 2.50. The molecule has 28 heavy (non-hydrogen) atoms. The van der Waals surface area contributed by atoms with Crippen molar-refractivity contribution in [3.8, 4) is 17.2 Å². The second-order valence-electron chi connectivity index (χ2n) is 5.74. The van der Waals surface area contributed by atoms with Gasteiger partial charge in [0, 0.05) is 26.3 Å². The van der Waals surface area contributed by atoms with Gasteiger partial charge < -0.3 is 23.5 Å². The Morgan fingerprint density at radius 3 is 2.25 bits per heavy atom. The average Bonchev–Trinajstić information content (AvgIpc) is 3.18. The number of anilines is 1. The molecule has 0 aliphatic heterocycles. The Bertz CT molecular complexity index is 965. The summed E-state index contributed by atoms with van der Waals surface area (Å²) in [6.07, 6.45) is 0. The van der Waals surface area contributed by atoms with Crippen LogP contribution in [0.4, 0.5) is 10.3 Å². The molecule has 7 nitrogen and oxygen atoms in total. The van der Waals surface area contributed by atoms with Crippen LogP contribution in [0.3, 0.4) is 0 Å². The number of halogens is 1. The lowest BCUT2D eigenvalue weighted by atomic mass is 10.2. The van der Waals surface area contributed by atoms with Crippen LogP contribution in [0, 0.1) is 5.82 Å². The van der Waals surface area contributed by atoms with E-state index in [1.165, 1.54) is 26.4 Å². The monoisotopic (exact) mass is 406 g/mol. The van der Waals surface area contributed by atoms with Gasteiger partial charge in [-0.05, 0) is 42.0 Å². The van der Waals surface area contributed by atoms with Crippen molar-refractivity contribution in [2.45, 2.75) is 6.54 Å². The summed E-state index contributed by atoms with van der Waals surface area (Å²) in [6.45, 7) is 0.304. The minimum atomic E-state index is -3.67. The standard InChI is InChI=1S/C19H20FN2O5P/c1-24-16-10-6-14(7-11-16)17-22-19(28(23,25-2)26-3)18(27-17)21-12-13-4-8-15(20)9-5-13/h4-11,21H,12H2,1-3H3. The van der Waals surface area contributed by atoms with E-state index in [1.54, 1.807) is 43.5 Å². The first-order valence-electron chi connectivity index (χ1n) is 8.34. The summed E-state index contributed by atoms with van der Waals surface area (Å²) >= 11 is 0. The van der Waals surface area contributed by atoms with Crippen LogP contribution in [-0.2, 0) is 20.2 Å². The molecule has 0 bridgehead atoms. The van der Waals surface area contributed by atoms with Crippen LogP contribution < -0.4 is 15.5 Å². The molecule has 148 valence electrons. The van der Waals surface area contributed by atoms with Crippen LogP contribution >= 0.6 is 7.60 Å².